The third-order valence-corrected chi connectivity index (χ3v) is 5.67. The third kappa shape index (κ3) is 4.97. The molecule has 2 aromatic carbocycles. The lowest BCUT2D eigenvalue weighted by Gasteiger charge is -2.13. The first kappa shape index (κ1) is 20.2. The van der Waals surface area contributed by atoms with Crippen LogP contribution >= 0.6 is 11.6 Å². The van der Waals surface area contributed by atoms with Crippen molar-refractivity contribution < 1.29 is 17.9 Å². The lowest BCUT2D eigenvalue weighted by atomic mass is 10.1. The Kier molecular flexibility index (Phi) is 6.63. The summed E-state index contributed by atoms with van der Waals surface area (Å²) in [4.78, 5) is 12.4. The summed E-state index contributed by atoms with van der Waals surface area (Å²) in [5.74, 6) is 0.246. The van der Waals surface area contributed by atoms with Crippen molar-refractivity contribution in [3.8, 4) is 5.75 Å². The highest BCUT2D eigenvalue weighted by Gasteiger charge is 2.19. The fourth-order valence-corrected chi connectivity index (χ4v) is 3.59. The molecule has 0 unspecified atom stereocenters. The lowest BCUT2D eigenvalue weighted by Crippen LogP contribution is -2.29. The van der Waals surface area contributed by atoms with Crippen molar-refractivity contribution in [2.24, 2.45) is 0 Å². The van der Waals surface area contributed by atoms with Crippen molar-refractivity contribution >= 4 is 27.5 Å². The number of halogens is 1. The zero-order valence-electron chi connectivity index (χ0n) is 14.8. The van der Waals surface area contributed by atoms with Gasteiger partial charge in [0, 0.05) is 10.6 Å². The van der Waals surface area contributed by atoms with E-state index in [0.717, 1.165) is 5.56 Å². The van der Waals surface area contributed by atoms with Crippen LogP contribution in [0, 0.1) is 13.8 Å². The molecule has 0 heterocycles. The molecule has 2 N–H and O–H groups in total. The van der Waals surface area contributed by atoms with Crippen LogP contribution in [0.5, 0.6) is 5.75 Å². The molecule has 0 saturated heterocycles. The molecular weight excluding hydrogens is 376 g/mol. The molecule has 0 aliphatic heterocycles. The van der Waals surface area contributed by atoms with E-state index in [1.165, 1.54) is 13.1 Å². The smallest absolute Gasteiger partial charge is 0.251 e. The minimum Gasteiger partial charge on any atom is -0.492 e. The molecule has 0 saturated carbocycles. The van der Waals surface area contributed by atoms with Crippen LogP contribution in [0.3, 0.4) is 0 Å². The van der Waals surface area contributed by atoms with Crippen molar-refractivity contribution in [1.29, 1.82) is 0 Å². The number of ether oxygens (including phenoxy) is 1. The van der Waals surface area contributed by atoms with Gasteiger partial charge in [0.15, 0.2) is 0 Å². The Labute approximate surface area is 158 Å². The summed E-state index contributed by atoms with van der Waals surface area (Å²) in [6.45, 7) is 4.01. The molecule has 1 amide bonds. The second-order valence-electron chi connectivity index (χ2n) is 5.69. The van der Waals surface area contributed by atoms with Crippen LogP contribution in [0.2, 0.25) is 5.02 Å². The van der Waals surface area contributed by atoms with E-state index in [2.05, 4.69) is 10.0 Å². The van der Waals surface area contributed by atoms with Gasteiger partial charge in [-0.2, -0.15) is 0 Å². The molecule has 0 aliphatic rings. The molecule has 140 valence electrons. The van der Waals surface area contributed by atoms with E-state index in [9.17, 15) is 13.2 Å². The number of aryl methyl sites for hydroxylation is 1. The predicted octanol–water partition coefficient (Wildman–Crippen LogP) is 2.67. The van der Waals surface area contributed by atoms with Gasteiger partial charge in [-0.15, -0.1) is 0 Å². The fourth-order valence-electron chi connectivity index (χ4n) is 2.34. The van der Waals surface area contributed by atoms with Crippen molar-refractivity contribution in [1.82, 2.24) is 10.0 Å². The number of carbonyl (C=O) groups is 1. The van der Waals surface area contributed by atoms with E-state index in [1.54, 1.807) is 44.2 Å². The molecule has 0 bridgehead atoms. The van der Waals surface area contributed by atoms with Gasteiger partial charge < -0.3 is 10.1 Å². The number of carbonyl (C=O) groups excluding carboxylic acids is 1. The molecule has 0 aromatic heterocycles. The lowest BCUT2D eigenvalue weighted by molar-refractivity contribution is 0.0946. The van der Waals surface area contributed by atoms with E-state index in [4.69, 9.17) is 16.3 Å². The standard InChI is InChI=1S/C18H21ClN2O4S/c1-12-9-14(10-17(13(12)2)26(23,24)20-3)18(22)21-7-8-25-16-6-4-5-15(19)11-16/h4-6,9-11,20H,7-8H2,1-3H3,(H,21,22). The van der Waals surface area contributed by atoms with Crippen molar-refractivity contribution in [2.75, 3.05) is 20.2 Å². The molecule has 0 atom stereocenters. The summed E-state index contributed by atoms with van der Waals surface area (Å²) >= 11 is 5.88. The van der Waals surface area contributed by atoms with Crippen LogP contribution in [0.25, 0.3) is 0 Å². The Morgan fingerprint density at radius 2 is 1.92 bits per heavy atom. The predicted molar refractivity (Wildman–Crippen MR) is 101 cm³/mol. The van der Waals surface area contributed by atoms with Crippen LogP contribution < -0.4 is 14.8 Å². The van der Waals surface area contributed by atoms with Gasteiger partial charge in [0.1, 0.15) is 12.4 Å². The third-order valence-electron chi connectivity index (χ3n) is 3.89. The van der Waals surface area contributed by atoms with E-state index in [1.807, 2.05) is 0 Å². The zero-order valence-corrected chi connectivity index (χ0v) is 16.4. The molecular formula is C18H21ClN2O4S. The molecule has 26 heavy (non-hydrogen) atoms. The van der Waals surface area contributed by atoms with Crippen LogP contribution in [0.15, 0.2) is 41.3 Å². The largest absolute Gasteiger partial charge is 0.492 e. The van der Waals surface area contributed by atoms with Crippen LogP contribution in [-0.2, 0) is 10.0 Å². The van der Waals surface area contributed by atoms with Crippen molar-refractivity contribution in [3.63, 3.8) is 0 Å². The molecule has 2 rings (SSSR count). The number of rotatable bonds is 7. The topological polar surface area (TPSA) is 84.5 Å². The van der Waals surface area contributed by atoms with E-state index in [0.29, 0.717) is 16.3 Å². The molecule has 0 radical (unpaired) electrons. The summed E-state index contributed by atoms with van der Waals surface area (Å²) in [6.07, 6.45) is 0. The number of nitrogens with one attached hydrogen (secondary N) is 2. The Morgan fingerprint density at radius 1 is 1.19 bits per heavy atom. The average Bonchev–Trinajstić information content (AvgIpc) is 2.60. The molecule has 2 aromatic rings. The van der Waals surface area contributed by atoms with Crippen molar-refractivity contribution in [3.05, 3.63) is 58.1 Å². The second-order valence-corrected chi connectivity index (χ2v) is 7.98. The Bertz CT molecular complexity index is 913. The average molecular weight is 397 g/mol. The highest BCUT2D eigenvalue weighted by molar-refractivity contribution is 7.89. The van der Waals surface area contributed by atoms with Gasteiger partial charge in [0.05, 0.1) is 11.4 Å². The Balaban J connectivity index is 2.03. The first-order valence-electron chi connectivity index (χ1n) is 7.96. The molecule has 6 nitrogen and oxygen atoms in total. The fraction of sp³-hybridized carbons (Fsp3) is 0.278. The minimum atomic E-state index is -3.64. The maximum Gasteiger partial charge on any atom is 0.251 e. The molecule has 0 aliphatic carbocycles. The van der Waals surface area contributed by atoms with Gasteiger partial charge in [-0.05, 0) is 62.4 Å². The Morgan fingerprint density at radius 3 is 2.58 bits per heavy atom. The second kappa shape index (κ2) is 8.53. The van der Waals surface area contributed by atoms with Gasteiger partial charge in [-0.3, -0.25) is 4.79 Å². The SMILES string of the molecule is CNS(=O)(=O)c1cc(C(=O)NCCOc2cccc(Cl)c2)cc(C)c1C. The van der Waals surface area contributed by atoms with Gasteiger partial charge in [-0.1, -0.05) is 17.7 Å². The Hall–Kier alpha value is -2.09. The first-order valence-corrected chi connectivity index (χ1v) is 9.82. The van der Waals surface area contributed by atoms with Gasteiger partial charge in [-0.25, -0.2) is 13.1 Å². The summed E-state index contributed by atoms with van der Waals surface area (Å²) in [7, 11) is -2.30. The number of benzene rings is 2. The molecule has 8 heteroatoms. The number of hydrogen-bond acceptors (Lipinski definition) is 4. The number of hydrogen-bond donors (Lipinski definition) is 2. The summed E-state index contributed by atoms with van der Waals surface area (Å²) < 4.78 is 32.0. The molecule has 0 fully saturated rings. The summed E-state index contributed by atoms with van der Waals surface area (Å²) in [5.41, 5.74) is 1.62. The van der Waals surface area contributed by atoms with Gasteiger partial charge in [0.2, 0.25) is 10.0 Å². The van der Waals surface area contributed by atoms with Crippen LogP contribution in [0.1, 0.15) is 21.5 Å². The maximum absolute atomic E-state index is 12.3. The zero-order chi connectivity index (χ0) is 19.3. The first-order chi connectivity index (χ1) is 12.2. The number of amides is 1. The maximum atomic E-state index is 12.3. The summed E-state index contributed by atoms with van der Waals surface area (Å²) in [5, 5.41) is 3.28. The van der Waals surface area contributed by atoms with Crippen LogP contribution in [0.4, 0.5) is 0 Å². The quantitative estimate of drug-likeness (QED) is 0.704. The monoisotopic (exact) mass is 396 g/mol. The van der Waals surface area contributed by atoms with E-state index < -0.39 is 10.0 Å². The minimum absolute atomic E-state index is 0.0975. The van der Waals surface area contributed by atoms with Crippen molar-refractivity contribution in [2.45, 2.75) is 18.7 Å². The normalized spacial score (nSPS) is 11.2. The summed E-state index contributed by atoms with van der Waals surface area (Å²) in [6, 6.07) is 10.0. The van der Waals surface area contributed by atoms with Gasteiger partial charge >= 0.3 is 0 Å². The molecule has 0 spiro atoms. The highest BCUT2D eigenvalue weighted by Crippen LogP contribution is 2.21. The number of sulfonamides is 1. The highest BCUT2D eigenvalue weighted by atomic mass is 35.5. The van der Waals surface area contributed by atoms with Gasteiger partial charge in [0.25, 0.3) is 5.91 Å². The van der Waals surface area contributed by atoms with E-state index in [-0.39, 0.29) is 29.5 Å². The van der Waals surface area contributed by atoms with E-state index >= 15 is 0 Å². The van der Waals surface area contributed by atoms with Crippen LogP contribution in [-0.4, -0.2) is 34.5 Å².